The van der Waals surface area contributed by atoms with E-state index >= 15 is 0 Å². The fourth-order valence-electron chi connectivity index (χ4n) is 3.87. The summed E-state index contributed by atoms with van der Waals surface area (Å²) in [4.78, 5) is 30.5. The lowest BCUT2D eigenvalue weighted by Crippen LogP contribution is -2.32. The van der Waals surface area contributed by atoms with Gasteiger partial charge in [0.25, 0.3) is 11.8 Å². The minimum Gasteiger partial charge on any atom is -0.496 e. The number of amides is 2. The van der Waals surface area contributed by atoms with E-state index in [4.69, 9.17) is 9.47 Å². The zero-order valence-electron chi connectivity index (χ0n) is 19.7. The standard InChI is InChI=1S/C27H27N3O4/c1-5-34-23-13-9-7-11-21(23)28-25-24(20-10-6-8-12-22(20)33-4)26(31)30(27(25)32)19-16-14-18(15-17-19)29(2)3/h6-17,28H,5H2,1-4H3. The lowest BCUT2D eigenvalue weighted by Gasteiger charge is -2.18. The number of carbonyl (C=O) groups is 2. The van der Waals surface area contributed by atoms with Crippen LogP contribution in [0, 0.1) is 0 Å². The molecule has 1 aliphatic heterocycles. The van der Waals surface area contributed by atoms with E-state index in [-0.39, 0.29) is 11.3 Å². The van der Waals surface area contributed by atoms with E-state index < -0.39 is 11.8 Å². The first kappa shape index (κ1) is 22.9. The number of anilines is 3. The van der Waals surface area contributed by atoms with Crippen molar-refractivity contribution in [3.63, 3.8) is 0 Å². The summed E-state index contributed by atoms with van der Waals surface area (Å²) in [5.41, 5.74) is 2.99. The number of nitrogens with one attached hydrogen (secondary N) is 1. The Kier molecular flexibility index (Phi) is 6.54. The topological polar surface area (TPSA) is 71.1 Å². The largest absolute Gasteiger partial charge is 0.496 e. The van der Waals surface area contributed by atoms with Crippen LogP contribution in [0.3, 0.4) is 0 Å². The zero-order chi connectivity index (χ0) is 24.2. The van der Waals surface area contributed by atoms with E-state index in [1.807, 2.05) is 74.4 Å². The van der Waals surface area contributed by atoms with Crippen molar-refractivity contribution < 1.29 is 19.1 Å². The quantitative estimate of drug-likeness (QED) is 0.500. The van der Waals surface area contributed by atoms with Crippen molar-refractivity contribution in [3.8, 4) is 11.5 Å². The predicted octanol–water partition coefficient (Wildman–Crippen LogP) is 4.56. The van der Waals surface area contributed by atoms with Crippen molar-refractivity contribution >= 4 is 34.4 Å². The van der Waals surface area contributed by atoms with Gasteiger partial charge in [0.1, 0.15) is 17.2 Å². The number of rotatable bonds is 8. The molecule has 0 fully saturated rings. The van der Waals surface area contributed by atoms with Gasteiger partial charge < -0.3 is 19.7 Å². The Labute approximate surface area is 199 Å². The van der Waals surface area contributed by atoms with Gasteiger partial charge in [-0.2, -0.15) is 0 Å². The number of hydrogen-bond acceptors (Lipinski definition) is 6. The third-order valence-corrected chi connectivity index (χ3v) is 5.53. The van der Waals surface area contributed by atoms with Crippen LogP contribution in [0.15, 0.2) is 78.5 Å². The molecule has 0 saturated heterocycles. The van der Waals surface area contributed by atoms with Crippen molar-refractivity contribution in [2.45, 2.75) is 6.92 Å². The SMILES string of the molecule is CCOc1ccccc1NC1=C(c2ccccc2OC)C(=O)N(c2ccc(N(C)C)cc2)C1=O. The molecule has 4 rings (SSSR count). The third-order valence-electron chi connectivity index (χ3n) is 5.53. The molecule has 7 nitrogen and oxygen atoms in total. The molecule has 0 unspecified atom stereocenters. The average Bonchev–Trinajstić information content (AvgIpc) is 3.09. The van der Waals surface area contributed by atoms with Crippen LogP contribution in [0.2, 0.25) is 0 Å². The highest BCUT2D eigenvalue weighted by molar-refractivity contribution is 6.46. The molecule has 0 bridgehead atoms. The molecular formula is C27H27N3O4. The minimum atomic E-state index is -0.449. The molecule has 0 radical (unpaired) electrons. The van der Waals surface area contributed by atoms with Gasteiger partial charge in [-0.3, -0.25) is 9.59 Å². The molecule has 34 heavy (non-hydrogen) atoms. The molecule has 1 N–H and O–H groups in total. The summed E-state index contributed by atoms with van der Waals surface area (Å²) in [6.07, 6.45) is 0. The fraction of sp³-hybridized carbons (Fsp3) is 0.185. The Balaban J connectivity index is 1.83. The van der Waals surface area contributed by atoms with Gasteiger partial charge >= 0.3 is 0 Å². The summed E-state index contributed by atoms with van der Waals surface area (Å²) in [5.74, 6) is 0.213. The summed E-state index contributed by atoms with van der Waals surface area (Å²) >= 11 is 0. The van der Waals surface area contributed by atoms with Crippen molar-refractivity contribution in [2.24, 2.45) is 0 Å². The van der Waals surface area contributed by atoms with Crippen LogP contribution >= 0.6 is 0 Å². The Morgan fingerprint density at radius 1 is 0.853 bits per heavy atom. The van der Waals surface area contributed by atoms with Gasteiger partial charge in [-0.1, -0.05) is 30.3 Å². The number of nitrogens with zero attached hydrogens (tertiary/aromatic N) is 2. The summed E-state index contributed by atoms with van der Waals surface area (Å²) in [6.45, 7) is 2.36. The highest BCUT2D eigenvalue weighted by atomic mass is 16.5. The first-order valence-electron chi connectivity index (χ1n) is 11.0. The Bertz CT molecular complexity index is 1250. The minimum absolute atomic E-state index is 0.165. The second kappa shape index (κ2) is 9.70. The first-order chi connectivity index (χ1) is 16.5. The van der Waals surface area contributed by atoms with Crippen molar-refractivity contribution in [3.05, 3.63) is 84.1 Å². The molecule has 174 valence electrons. The number of methoxy groups -OCH3 is 1. The van der Waals surface area contributed by atoms with Crippen molar-refractivity contribution in [1.82, 2.24) is 0 Å². The van der Waals surface area contributed by atoms with Crippen molar-refractivity contribution in [2.75, 3.05) is 42.9 Å². The molecular weight excluding hydrogens is 430 g/mol. The maximum absolute atomic E-state index is 13.7. The van der Waals surface area contributed by atoms with Crippen LogP contribution in [0.1, 0.15) is 12.5 Å². The highest BCUT2D eigenvalue weighted by Crippen LogP contribution is 2.38. The first-order valence-corrected chi connectivity index (χ1v) is 11.0. The normalized spacial score (nSPS) is 13.4. The molecule has 0 atom stereocenters. The molecule has 0 aromatic heterocycles. The molecule has 7 heteroatoms. The second-order valence-electron chi connectivity index (χ2n) is 7.86. The number of hydrogen-bond donors (Lipinski definition) is 1. The molecule has 0 spiro atoms. The molecule has 0 aliphatic carbocycles. The van der Waals surface area contributed by atoms with Gasteiger partial charge in [-0.25, -0.2) is 4.90 Å². The number of benzene rings is 3. The Morgan fingerprint density at radius 2 is 1.50 bits per heavy atom. The van der Waals surface area contributed by atoms with E-state index in [9.17, 15) is 9.59 Å². The maximum atomic E-state index is 13.7. The van der Waals surface area contributed by atoms with Crippen LogP contribution in [0.25, 0.3) is 5.57 Å². The zero-order valence-corrected chi connectivity index (χ0v) is 19.7. The third kappa shape index (κ3) is 4.20. The van der Waals surface area contributed by atoms with E-state index in [1.165, 1.54) is 12.0 Å². The molecule has 3 aromatic rings. The number of imide groups is 1. The predicted molar refractivity (Wildman–Crippen MR) is 134 cm³/mol. The van der Waals surface area contributed by atoms with Gasteiger partial charge in [-0.05, 0) is 49.4 Å². The van der Waals surface area contributed by atoms with E-state index in [2.05, 4.69) is 5.32 Å². The number of ether oxygens (including phenoxy) is 2. The lowest BCUT2D eigenvalue weighted by atomic mass is 10.0. The molecule has 0 saturated carbocycles. The van der Waals surface area contributed by atoms with Gasteiger partial charge in [0.05, 0.1) is 30.7 Å². The summed E-state index contributed by atoms with van der Waals surface area (Å²) in [6, 6.07) is 21.8. The smallest absolute Gasteiger partial charge is 0.282 e. The van der Waals surface area contributed by atoms with Crippen LogP contribution < -0.4 is 24.6 Å². The van der Waals surface area contributed by atoms with Crippen molar-refractivity contribution in [1.29, 1.82) is 0 Å². The molecule has 2 amide bonds. The van der Waals surface area contributed by atoms with Gasteiger partial charge in [0, 0.05) is 25.3 Å². The molecule has 1 aliphatic rings. The number of carbonyl (C=O) groups excluding carboxylic acids is 2. The van der Waals surface area contributed by atoms with Crippen LogP contribution in [0.4, 0.5) is 17.1 Å². The second-order valence-corrected chi connectivity index (χ2v) is 7.86. The monoisotopic (exact) mass is 457 g/mol. The molecule has 3 aromatic carbocycles. The highest BCUT2D eigenvalue weighted by Gasteiger charge is 2.41. The number of para-hydroxylation sites is 3. The average molecular weight is 458 g/mol. The van der Waals surface area contributed by atoms with E-state index in [0.717, 1.165) is 5.69 Å². The van der Waals surface area contributed by atoms with Crippen LogP contribution in [-0.4, -0.2) is 39.6 Å². The fourth-order valence-corrected chi connectivity index (χ4v) is 3.87. The summed E-state index contributed by atoms with van der Waals surface area (Å²) in [7, 11) is 5.40. The summed E-state index contributed by atoms with van der Waals surface area (Å²) in [5, 5.41) is 3.18. The van der Waals surface area contributed by atoms with Gasteiger partial charge in [-0.15, -0.1) is 0 Å². The Morgan fingerprint density at radius 3 is 2.15 bits per heavy atom. The van der Waals surface area contributed by atoms with E-state index in [1.54, 1.807) is 24.3 Å². The van der Waals surface area contributed by atoms with Gasteiger partial charge in [0.15, 0.2) is 0 Å². The Hall–Kier alpha value is -4.26. The summed E-state index contributed by atoms with van der Waals surface area (Å²) < 4.78 is 11.2. The van der Waals surface area contributed by atoms with Crippen LogP contribution in [-0.2, 0) is 9.59 Å². The molecule has 1 heterocycles. The lowest BCUT2D eigenvalue weighted by molar-refractivity contribution is -0.120. The van der Waals surface area contributed by atoms with Gasteiger partial charge in [0.2, 0.25) is 0 Å². The maximum Gasteiger partial charge on any atom is 0.282 e. The van der Waals surface area contributed by atoms with E-state index in [0.29, 0.717) is 35.0 Å². The van der Waals surface area contributed by atoms with Crippen LogP contribution in [0.5, 0.6) is 11.5 Å².